The van der Waals surface area contributed by atoms with Gasteiger partial charge in [-0.1, -0.05) is 91.0 Å². The Morgan fingerprint density at radius 1 is 0.634 bits per heavy atom. The second-order valence-electron chi connectivity index (χ2n) is 10.5. The van der Waals surface area contributed by atoms with Gasteiger partial charge < -0.3 is 25.3 Å². The van der Waals surface area contributed by atoms with Gasteiger partial charge in [0.05, 0.1) is 62.4 Å². The maximum Gasteiger partial charge on any atom is 0.0934 e. The van der Waals surface area contributed by atoms with Crippen molar-refractivity contribution in [2.24, 2.45) is 11.7 Å². The third-order valence-electron chi connectivity index (χ3n) is 7.61. The molecule has 3 aromatic carbocycles. The van der Waals surface area contributed by atoms with Crippen molar-refractivity contribution in [3.63, 3.8) is 0 Å². The van der Waals surface area contributed by atoms with Gasteiger partial charge in [-0.25, -0.2) is 0 Å². The van der Waals surface area contributed by atoms with Crippen molar-refractivity contribution < 1.29 is 14.2 Å². The predicted molar refractivity (Wildman–Crippen MR) is 158 cm³/mol. The van der Waals surface area contributed by atoms with E-state index in [9.17, 15) is 10.5 Å². The third kappa shape index (κ3) is 8.96. The molecule has 1 aliphatic rings. The number of hydrogen-bond acceptors (Lipinski definition) is 7. The first kappa shape index (κ1) is 30.4. The summed E-state index contributed by atoms with van der Waals surface area (Å²) in [6.45, 7) is 1.72. The van der Waals surface area contributed by atoms with Crippen LogP contribution in [0.1, 0.15) is 42.4 Å². The Morgan fingerprint density at radius 2 is 1.10 bits per heavy atom. The van der Waals surface area contributed by atoms with Crippen LogP contribution in [0, 0.1) is 28.6 Å². The average molecular weight is 553 g/mol. The average Bonchev–Trinajstić information content (AvgIpc) is 3.02. The minimum absolute atomic E-state index is 0.0815. The highest BCUT2D eigenvalue weighted by Gasteiger charge is 2.51. The van der Waals surface area contributed by atoms with Gasteiger partial charge in [-0.15, -0.1) is 0 Å². The molecule has 6 atom stereocenters. The molecule has 3 N–H and O–H groups in total. The smallest absolute Gasteiger partial charge is 0.0934 e. The molecule has 1 saturated carbocycles. The molecule has 3 aromatic rings. The topological polar surface area (TPSA) is 113 Å². The third-order valence-corrected chi connectivity index (χ3v) is 7.61. The molecule has 41 heavy (non-hydrogen) atoms. The lowest BCUT2D eigenvalue weighted by Gasteiger charge is -2.50. The quantitative estimate of drug-likeness (QED) is 0.247. The number of ether oxygens (including phenoxy) is 3. The van der Waals surface area contributed by atoms with Crippen molar-refractivity contribution in [2.45, 2.75) is 75.9 Å². The van der Waals surface area contributed by atoms with Gasteiger partial charge in [0.15, 0.2) is 0 Å². The van der Waals surface area contributed by atoms with Crippen molar-refractivity contribution in [1.29, 1.82) is 10.5 Å². The van der Waals surface area contributed by atoms with Crippen molar-refractivity contribution in [3.8, 4) is 12.1 Å². The SMILES string of the molecule is N#CCCC[C@@H]1[C@H](OCc2ccccc2)[C@H](N)[C@H](OCc2ccccc2)[C@H](NCCC#N)[C@@H]1OCc1ccccc1. The molecule has 0 aromatic heterocycles. The number of nitriles is 2. The van der Waals surface area contributed by atoms with Crippen LogP contribution in [-0.4, -0.2) is 36.9 Å². The van der Waals surface area contributed by atoms with Gasteiger partial charge in [0.25, 0.3) is 0 Å². The van der Waals surface area contributed by atoms with Gasteiger partial charge in [0.2, 0.25) is 0 Å². The van der Waals surface area contributed by atoms with E-state index in [-0.39, 0.29) is 24.2 Å². The number of nitrogens with zero attached hydrogens (tertiary/aromatic N) is 2. The fourth-order valence-corrected chi connectivity index (χ4v) is 5.60. The van der Waals surface area contributed by atoms with Gasteiger partial charge in [-0.05, 0) is 29.5 Å². The molecule has 0 saturated heterocycles. The number of unbranched alkanes of at least 4 members (excludes halogenated alkanes) is 1. The molecule has 4 rings (SSSR count). The summed E-state index contributed by atoms with van der Waals surface area (Å²) >= 11 is 0. The number of hydrogen-bond donors (Lipinski definition) is 2. The lowest BCUT2D eigenvalue weighted by atomic mass is 9.73. The molecule has 0 spiro atoms. The predicted octanol–water partition coefficient (Wildman–Crippen LogP) is 5.27. The first-order valence-corrected chi connectivity index (χ1v) is 14.4. The summed E-state index contributed by atoms with van der Waals surface area (Å²) in [5, 5.41) is 22.1. The van der Waals surface area contributed by atoms with E-state index in [0.717, 1.165) is 23.1 Å². The van der Waals surface area contributed by atoms with Crippen LogP contribution in [0.5, 0.6) is 0 Å². The number of rotatable bonds is 15. The number of benzene rings is 3. The lowest BCUT2D eigenvalue weighted by molar-refractivity contribution is -0.174. The van der Waals surface area contributed by atoms with Gasteiger partial charge in [0, 0.05) is 25.3 Å². The van der Waals surface area contributed by atoms with Gasteiger partial charge >= 0.3 is 0 Å². The Labute approximate surface area is 243 Å². The fraction of sp³-hybridized carbons (Fsp3) is 0.412. The first-order valence-electron chi connectivity index (χ1n) is 14.4. The van der Waals surface area contributed by atoms with Crippen LogP contribution >= 0.6 is 0 Å². The van der Waals surface area contributed by atoms with Crippen LogP contribution < -0.4 is 11.1 Å². The molecule has 0 unspecified atom stereocenters. The van der Waals surface area contributed by atoms with Crippen molar-refractivity contribution in [1.82, 2.24) is 5.32 Å². The summed E-state index contributed by atoms with van der Waals surface area (Å²) in [4.78, 5) is 0. The monoisotopic (exact) mass is 552 g/mol. The van der Waals surface area contributed by atoms with E-state index >= 15 is 0 Å². The van der Waals surface area contributed by atoms with E-state index in [2.05, 4.69) is 17.5 Å². The van der Waals surface area contributed by atoms with Gasteiger partial charge in [0.1, 0.15) is 0 Å². The Balaban J connectivity index is 1.65. The van der Waals surface area contributed by atoms with E-state index < -0.39 is 12.1 Å². The second-order valence-corrected chi connectivity index (χ2v) is 10.5. The minimum atomic E-state index is -0.453. The highest BCUT2D eigenvalue weighted by molar-refractivity contribution is 5.16. The molecule has 0 aliphatic heterocycles. The first-order chi connectivity index (χ1) is 20.2. The minimum Gasteiger partial charge on any atom is -0.371 e. The van der Waals surface area contributed by atoms with Crippen molar-refractivity contribution >= 4 is 0 Å². The number of nitrogens with two attached hydrogens (primary N) is 1. The summed E-state index contributed by atoms with van der Waals surface area (Å²) < 4.78 is 19.9. The Bertz CT molecular complexity index is 1150. The van der Waals surface area contributed by atoms with E-state index in [0.29, 0.717) is 45.6 Å². The van der Waals surface area contributed by atoms with Gasteiger partial charge in [-0.3, -0.25) is 0 Å². The van der Waals surface area contributed by atoms with E-state index in [1.807, 2.05) is 91.0 Å². The molecule has 0 bridgehead atoms. The highest BCUT2D eigenvalue weighted by atomic mass is 16.5. The Kier molecular flexibility index (Phi) is 12.3. The lowest BCUT2D eigenvalue weighted by Crippen LogP contribution is -2.69. The van der Waals surface area contributed by atoms with E-state index in [4.69, 9.17) is 19.9 Å². The van der Waals surface area contributed by atoms with Crippen LogP contribution in [0.4, 0.5) is 0 Å². The Hall–Kier alpha value is -3.56. The highest BCUT2D eigenvalue weighted by Crippen LogP contribution is 2.36. The standard InChI is InChI=1S/C34H40N4O3/c35-20-11-10-19-29-32(39-23-26-13-4-1-5-14-26)30(37)34(41-25-28-17-8-3-9-18-28)31(38-22-12-21-36)33(29)40-24-27-15-6-2-7-16-27/h1-9,13-18,29-34,38H,10-12,19,22-25,37H2/t29-,30+,31-,32+,33-,34+/m1/s1. The molecule has 0 heterocycles. The molecule has 0 radical (unpaired) electrons. The molecule has 1 aliphatic carbocycles. The van der Waals surface area contributed by atoms with E-state index in [1.165, 1.54) is 0 Å². The molecule has 1 fully saturated rings. The zero-order valence-corrected chi connectivity index (χ0v) is 23.5. The fourth-order valence-electron chi connectivity index (χ4n) is 5.60. The zero-order valence-electron chi connectivity index (χ0n) is 23.5. The maximum absolute atomic E-state index is 9.30. The summed E-state index contributed by atoms with van der Waals surface area (Å²) in [7, 11) is 0. The molecule has 7 heteroatoms. The second kappa shape index (κ2) is 16.6. The summed E-state index contributed by atoms with van der Waals surface area (Å²) in [6, 6.07) is 33.9. The maximum atomic E-state index is 9.30. The molecule has 214 valence electrons. The largest absolute Gasteiger partial charge is 0.371 e. The van der Waals surface area contributed by atoms with Crippen molar-refractivity contribution in [3.05, 3.63) is 108 Å². The summed E-state index contributed by atoms with van der Waals surface area (Å²) in [5.74, 6) is -0.0815. The summed E-state index contributed by atoms with van der Waals surface area (Å²) in [5.41, 5.74) is 10.2. The van der Waals surface area contributed by atoms with Crippen LogP contribution in [0.25, 0.3) is 0 Å². The van der Waals surface area contributed by atoms with Crippen LogP contribution in [0.3, 0.4) is 0 Å². The van der Waals surface area contributed by atoms with E-state index in [1.54, 1.807) is 0 Å². The summed E-state index contributed by atoms with van der Waals surface area (Å²) in [6.07, 6.45) is 1.15. The van der Waals surface area contributed by atoms with Crippen LogP contribution in [0.2, 0.25) is 0 Å². The molecular weight excluding hydrogens is 512 g/mol. The van der Waals surface area contributed by atoms with Crippen LogP contribution in [-0.2, 0) is 34.0 Å². The van der Waals surface area contributed by atoms with Crippen LogP contribution in [0.15, 0.2) is 91.0 Å². The van der Waals surface area contributed by atoms with Gasteiger partial charge in [-0.2, -0.15) is 10.5 Å². The molecule has 0 amide bonds. The normalized spacial score (nSPS) is 23.9. The molecular formula is C34H40N4O3. The molecule has 7 nitrogen and oxygen atoms in total. The zero-order chi connectivity index (χ0) is 28.7. The van der Waals surface area contributed by atoms with Crippen molar-refractivity contribution in [2.75, 3.05) is 6.54 Å². The Morgan fingerprint density at radius 3 is 1.59 bits per heavy atom. The number of nitrogens with one attached hydrogen (secondary N) is 1.